The number of carbonyl (C=O) groups excluding carboxylic acids is 1. The molecule has 0 radical (unpaired) electrons. The Bertz CT molecular complexity index is 1970. The van der Waals surface area contributed by atoms with Crippen LogP contribution in [0.15, 0.2) is 108 Å². The molecule has 2 aliphatic heterocycles. The van der Waals surface area contributed by atoms with Crippen molar-refractivity contribution in [2.75, 3.05) is 25.8 Å². The van der Waals surface area contributed by atoms with Crippen molar-refractivity contribution in [1.29, 1.82) is 0 Å². The van der Waals surface area contributed by atoms with E-state index in [2.05, 4.69) is 17.0 Å². The fourth-order valence-electron chi connectivity index (χ4n) is 6.01. The fourth-order valence-corrected chi connectivity index (χ4v) is 6.13. The first kappa shape index (κ1) is 29.4. The van der Waals surface area contributed by atoms with Gasteiger partial charge < -0.3 is 14.4 Å². The summed E-state index contributed by atoms with van der Waals surface area (Å²) >= 11 is 6.18. The Kier molecular flexibility index (Phi) is 7.80. The molecule has 7 rings (SSSR count). The molecular formula is C37H32ClN5O3. The maximum atomic E-state index is 14.0. The molecule has 0 spiro atoms. The number of hydrogen-bond acceptors (Lipinski definition) is 7. The Morgan fingerprint density at radius 2 is 1.63 bits per heavy atom. The largest absolute Gasteiger partial charge is 0.493 e. The van der Waals surface area contributed by atoms with E-state index in [1.165, 1.54) is 0 Å². The monoisotopic (exact) mass is 629 g/mol. The number of methoxy groups -OCH3 is 2. The number of nitrogens with zero attached hydrogens (tertiary/aromatic N) is 5. The highest BCUT2D eigenvalue weighted by molar-refractivity contribution is 6.44. The maximum Gasteiger partial charge on any atom is 0.222 e. The van der Waals surface area contributed by atoms with Crippen molar-refractivity contribution < 1.29 is 14.3 Å². The molecule has 0 fully saturated rings. The molecule has 230 valence electrons. The SMILES string of the molecule is COc1cc2c(cc1OC)C1N(CC2)C(C(=O)/C=C/c2cn(-c3ccccc3)nc2-c2ccc(Cl)cc2)=NN1c1ccc(C)cc1. The van der Waals surface area contributed by atoms with Gasteiger partial charge in [0.15, 0.2) is 23.5 Å². The van der Waals surface area contributed by atoms with E-state index in [1.807, 2.05) is 108 Å². The number of amidine groups is 1. The van der Waals surface area contributed by atoms with Gasteiger partial charge >= 0.3 is 0 Å². The summed E-state index contributed by atoms with van der Waals surface area (Å²) in [6.45, 7) is 2.67. The van der Waals surface area contributed by atoms with Gasteiger partial charge in [0.2, 0.25) is 5.78 Å². The molecule has 0 amide bonds. The molecule has 0 aliphatic carbocycles. The van der Waals surface area contributed by atoms with Crippen molar-refractivity contribution in [3.05, 3.63) is 131 Å². The zero-order chi connectivity index (χ0) is 31.8. The van der Waals surface area contributed by atoms with Crippen molar-refractivity contribution in [1.82, 2.24) is 14.7 Å². The quantitative estimate of drug-likeness (QED) is 0.166. The summed E-state index contributed by atoms with van der Waals surface area (Å²) < 4.78 is 13.1. The molecule has 1 unspecified atom stereocenters. The molecule has 0 saturated carbocycles. The van der Waals surface area contributed by atoms with E-state index in [9.17, 15) is 4.79 Å². The number of anilines is 1. The van der Waals surface area contributed by atoms with E-state index in [-0.39, 0.29) is 11.9 Å². The van der Waals surface area contributed by atoms with Crippen LogP contribution in [0.5, 0.6) is 11.5 Å². The molecule has 8 nitrogen and oxygen atoms in total. The highest BCUT2D eigenvalue weighted by atomic mass is 35.5. The molecule has 0 saturated heterocycles. The van der Waals surface area contributed by atoms with Gasteiger partial charge in [0.1, 0.15) is 0 Å². The summed E-state index contributed by atoms with van der Waals surface area (Å²) in [5.41, 5.74) is 7.54. The van der Waals surface area contributed by atoms with Gasteiger partial charge in [-0.3, -0.25) is 4.79 Å². The van der Waals surface area contributed by atoms with Gasteiger partial charge in [0.25, 0.3) is 0 Å². The molecule has 5 aromatic rings. The number of hydrazone groups is 1. The smallest absolute Gasteiger partial charge is 0.222 e. The number of aryl methyl sites for hydroxylation is 1. The number of rotatable bonds is 8. The van der Waals surface area contributed by atoms with Crippen LogP contribution >= 0.6 is 11.6 Å². The third-order valence-corrected chi connectivity index (χ3v) is 8.61. The first-order valence-corrected chi connectivity index (χ1v) is 15.4. The second kappa shape index (κ2) is 12.2. The summed E-state index contributed by atoms with van der Waals surface area (Å²) in [4.78, 5) is 16.1. The van der Waals surface area contributed by atoms with Crippen molar-refractivity contribution in [3.63, 3.8) is 0 Å². The predicted octanol–water partition coefficient (Wildman–Crippen LogP) is 7.49. The summed E-state index contributed by atoms with van der Waals surface area (Å²) in [5.74, 6) is 1.50. The lowest BCUT2D eigenvalue weighted by molar-refractivity contribution is -0.109. The zero-order valence-corrected chi connectivity index (χ0v) is 26.5. The number of para-hydroxylation sites is 1. The van der Waals surface area contributed by atoms with Crippen LogP contribution < -0.4 is 14.5 Å². The molecular weight excluding hydrogens is 598 g/mol. The normalized spacial score (nSPS) is 15.5. The van der Waals surface area contributed by atoms with Crippen LogP contribution in [0.1, 0.15) is 28.4 Å². The van der Waals surface area contributed by atoms with Crippen LogP contribution in [0.3, 0.4) is 0 Å². The molecule has 0 bridgehead atoms. The molecule has 1 aromatic heterocycles. The van der Waals surface area contributed by atoms with Crippen LogP contribution in [0, 0.1) is 6.92 Å². The molecule has 0 N–H and O–H groups in total. The highest BCUT2D eigenvalue weighted by Crippen LogP contribution is 2.44. The lowest BCUT2D eigenvalue weighted by Gasteiger charge is -2.37. The summed E-state index contributed by atoms with van der Waals surface area (Å²) in [7, 11) is 3.27. The molecule has 46 heavy (non-hydrogen) atoms. The molecule has 1 atom stereocenters. The van der Waals surface area contributed by atoms with Crippen LogP contribution in [0.4, 0.5) is 5.69 Å². The first-order chi connectivity index (χ1) is 22.4. The number of fused-ring (bicyclic) bond motifs is 3. The first-order valence-electron chi connectivity index (χ1n) is 15.0. The van der Waals surface area contributed by atoms with Gasteiger partial charge in [-0.2, -0.15) is 5.10 Å². The molecule has 9 heteroatoms. The van der Waals surface area contributed by atoms with Crippen LogP contribution in [0.25, 0.3) is 23.0 Å². The standard InChI is InChI=1S/C37H32ClN5O3/c1-24-9-16-30(17-10-24)43-37-31-22-34(46-3)33(45-2)21-26(31)19-20-41(37)36(40-43)32(44)18-13-27-23-42(29-7-5-4-6-8-29)39-35(27)25-11-14-28(38)15-12-25/h4-18,21-23,37H,19-20H2,1-3H3/b18-13+. The van der Waals surface area contributed by atoms with Crippen LogP contribution in [-0.2, 0) is 11.2 Å². The van der Waals surface area contributed by atoms with Gasteiger partial charge in [-0.15, -0.1) is 5.10 Å². The lowest BCUT2D eigenvalue weighted by atomic mass is 9.95. The van der Waals surface area contributed by atoms with E-state index < -0.39 is 0 Å². The van der Waals surface area contributed by atoms with Gasteiger partial charge in [0, 0.05) is 34.5 Å². The Morgan fingerprint density at radius 3 is 2.35 bits per heavy atom. The second-order valence-corrected chi connectivity index (χ2v) is 11.7. The summed E-state index contributed by atoms with van der Waals surface area (Å²) in [6.07, 6.45) is 5.75. The summed E-state index contributed by atoms with van der Waals surface area (Å²) in [5, 5.41) is 12.4. The van der Waals surface area contributed by atoms with E-state index in [4.69, 9.17) is 31.3 Å². The summed E-state index contributed by atoms with van der Waals surface area (Å²) in [6, 6.07) is 29.6. The minimum Gasteiger partial charge on any atom is -0.493 e. The number of aromatic nitrogens is 2. The third kappa shape index (κ3) is 5.41. The van der Waals surface area contributed by atoms with Gasteiger partial charge in [0.05, 0.1) is 31.3 Å². The van der Waals surface area contributed by atoms with E-state index >= 15 is 0 Å². The van der Waals surface area contributed by atoms with E-state index in [1.54, 1.807) is 20.3 Å². The Balaban J connectivity index is 1.27. The maximum absolute atomic E-state index is 14.0. The van der Waals surface area contributed by atoms with E-state index in [0.717, 1.165) is 51.3 Å². The third-order valence-electron chi connectivity index (χ3n) is 8.36. The van der Waals surface area contributed by atoms with Crippen molar-refractivity contribution in [2.45, 2.75) is 19.5 Å². The number of benzene rings is 4. The van der Waals surface area contributed by atoms with E-state index in [0.29, 0.717) is 28.9 Å². The topological polar surface area (TPSA) is 72.2 Å². The fraction of sp³-hybridized carbons (Fsp3) is 0.162. The molecule has 4 aromatic carbocycles. The number of halogens is 1. The number of ether oxygens (including phenoxy) is 2. The predicted molar refractivity (Wildman–Crippen MR) is 182 cm³/mol. The van der Waals surface area contributed by atoms with Crippen LogP contribution in [-0.4, -0.2) is 47.1 Å². The van der Waals surface area contributed by atoms with Crippen molar-refractivity contribution in [3.8, 4) is 28.4 Å². The van der Waals surface area contributed by atoms with Crippen molar-refractivity contribution in [2.24, 2.45) is 5.10 Å². The zero-order valence-electron chi connectivity index (χ0n) is 25.7. The van der Waals surface area contributed by atoms with Gasteiger partial charge in [-0.05, 0) is 79.6 Å². The molecule has 2 aliphatic rings. The van der Waals surface area contributed by atoms with Gasteiger partial charge in [-0.25, -0.2) is 9.69 Å². The lowest BCUT2D eigenvalue weighted by Crippen LogP contribution is -2.42. The van der Waals surface area contributed by atoms with Gasteiger partial charge in [-0.1, -0.05) is 59.6 Å². The average molecular weight is 630 g/mol. The minimum atomic E-state index is -0.316. The van der Waals surface area contributed by atoms with Crippen molar-refractivity contribution >= 4 is 35.0 Å². The Hall–Kier alpha value is -5.34. The number of ketones is 1. The average Bonchev–Trinajstić information content (AvgIpc) is 3.70. The minimum absolute atomic E-state index is 0.196. The molecule has 3 heterocycles. The number of carbonyl (C=O) groups is 1. The van der Waals surface area contributed by atoms with Crippen LogP contribution in [0.2, 0.25) is 5.02 Å². The Morgan fingerprint density at radius 1 is 0.913 bits per heavy atom. The Labute approximate surface area is 272 Å². The second-order valence-electron chi connectivity index (χ2n) is 11.2. The highest BCUT2D eigenvalue weighted by Gasteiger charge is 2.42. The number of hydrogen-bond donors (Lipinski definition) is 0.